The normalized spacial score (nSPS) is 19.4. The van der Waals surface area contributed by atoms with Crippen molar-refractivity contribution in [2.45, 2.75) is 23.4 Å². The van der Waals surface area contributed by atoms with Crippen molar-refractivity contribution < 1.29 is 5.11 Å². The van der Waals surface area contributed by atoms with Gasteiger partial charge in [-0.2, -0.15) is 0 Å². The minimum Gasteiger partial charge on any atom is -0.394 e. The van der Waals surface area contributed by atoms with E-state index in [1.165, 1.54) is 10.5 Å². The van der Waals surface area contributed by atoms with Gasteiger partial charge in [0.1, 0.15) is 0 Å². The first kappa shape index (κ1) is 13.7. The van der Waals surface area contributed by atoms with Gasteiger partial charge in [0.15, 0.2) is 0 Å². The summed E-state index contributed by atoms with van der Waals surface area (Å²) in [6.45, 7) is 0.121. The number of fused-ring (bicyclic) bond motifs is 1. The molecule has 0 aliphatic carbocycles. The average Bonchev–Trinajstić information content (AvgIpc) is 2.53. The topological polar surface area (TPSA) is 32.3 Å². The molecule has 1 unspecified atom stereocenters. The van der Waals surface area contributed by atoms with Crippen molar-refractivity contribution in [3.05, 3.63) is 65.7 Å². The molecule has 0 saturated heterocycles. The molecular formula is C17H19NOS. The maximum Gasteiger partial charge on any atom is 0.0626 e. The number of aliphatic hydroxyl groups excluding tert-OH is 1. The van der Waals surface area contributed by atoms with Crippen molar-refractivity contribution in [1.29, 1.82) is 0 Å². The van der Waals surface area contributed by atoms with Crippen LogP contribution in [0.2, 0.25) is 0 Å². The highest BCUT2D eigenvalue weighted by Gasteiger charge is 2.23. The van der Waals surface area contributed by atoms with Crippen LogP contribution >= 0.6 is 11.8 Å². The zero-order chi connectivity index (χ0) is 13.8. The third-order valence-corrected chi connectivity index (χ3v) is 4.87. The van der Waals surface area contributed by atoms with Gasteiger partial charge in [-0.15, -0.1) is 11.8 Å². The van der Waals surface area contributed by atoms with Gasteiger partial charge in [0.2, 0.25) is 0 Å². The second kappa shape index (κ2) is 6.44. The Bertz CT molecular complexity index is 558. The molecule has 0 bridgehead atoms. The maximum absolute atomic E-state index is 9.69. The van der Waals surface area contributed by atoms with E-state index in [2.05, 4.69) is 41.7 Å². The standard InChI is InChI=1S/C17H19NOS/c19-12-16(13-6-2-1-3-7-13)18-15-10-11-20-17-9-5-4-8-14(15)17/h1-9,15-16,18-19H,10-12H2/t15?,16-/m0/s1. The van der Waals surface area contributed by atoms with Gasteiger partial charge in [-0.3, -0.25) is 0 Å². The number of hydrogen-bond acceptors (Lipinski definition) is 3. The second-order valence-electron chi connectivity index (χ2n) is 5.04. The van der Waals surface area contributed by atoms with Crippen LogP contribution in [-0.2, 0) is 0 Å². The molecule has 0 fully saturated rings. The highest BCUT2D eigenvalue weighted by Crippen LogP contribution is 2.36. The number of thioether (sulfide) groups is 1. The lowest BCUT2D eigenvalue weighted by Gasteiger charge is -2.29. The SMILES string of the molecule is OC[C@H](NC1CCSc2ccccc21)c1ccccc1. The zero-order valence-corrected chi connectivity index (χ0v) is 12.1. The summed E-state index contributed by atoms with van der Waals surface area (Å²) in [5, 5.41) is 13.3. The summed E-state index contributed by atoms with van der Waals surface area (Å²) in [7, 11) is 0. The van der Waals surface area contributed by atoms with Gasteiger partial charge < -0.3 is 10.4 Å². The number of aliphatic hydroxyl groups is 1. The monoisotopic (exact) mass is 285 g/mol. The highest BCUT2D eigenvalue weighted by atomic mass is 32.2. The van der Waals surface area contributed by atoms with Gasteiger partial charge in [0.05, 0.1) is 12.6 Å². The molecule has 0 spiro atoms. The van der Waals surface area contributed by atoms with Crippen LogP contribution in [0.4, 0.5) is 0 Å². The fraction of sp³-hybridized carbons (Fsp3) is 0.294. The van der Waals surface area contributed by atoms with E-state index in [1.807, 2.05) is 30.0 Å². The van der Waals surface area contributed by atoms with E-state index in [9.17, 15) is 5.11 Å². The van der Waals surface area contributed by atoms with Crippen molar-refractivity contribution >= 4 is 11.8 Å². The first-order valence-corrected chi connectivity index (χ1v) is 8.00. The summed E-state index contributed by atoms with van der Waals surface area (Å²) < 4.78 is 0. The third kappa shape index (κ3) is 2.90. The molecule has 0 amide bonds. The average molecular weight is 285 g/mol. The van der Waals surface area contributed by atoms with E-state index in [0.717, 1.165) is 17.7 Å². The summed E-state index contributed by atoms with van der Waals surface area (Å²) in [4.78, 5) is 1.36. The Morgan fingerprint density at radius 2 is 1.85 bits per heavy atom. The number of benzene rings is 2. The van der Waals surface area contributed by atoms with E-state index >= 15 is 0 Å². The fourth-order valence-electron chi connectivity index (χ4n) is 2.70. The van der Waals surface area contributed by atoms with Crippen molar-refractivity contribution in [3.63, 3.8) is 0 Å². The second-order valence-corrected chi connectivity index (χ2v) is 6.18. The van der Waals surface area contributed by atoms with Crippen LogP contribution in [0.3, 0.4) is 0 Å². The smallest absolute Gasteiger partial charge is 0.0626 e. The molecule has 0 saturated carbocycles. The van der Waals surface area contributed by atoms with Crippen LogP contribution in [0, 0.1) is 0 Å². The van der Waals surface area contributed by atoms with Crippen LogP contribution in [0.1, 0.15) is 29.6 Å². The summed E-state index contributed by atoms with van der Waals surface area (Å²) in [5.41, 5.74) is 2.50. The third-order valence-electron chi connectivity index (χ3n) is 3.75. The molecule has 1 heterocycles. The van der Waals surface area contributed by atoms with E-state index in [0.29, 0.717) is 6.04 Å². The first-order valence-electron chi connectivity index (χ1n) is 7.02. The van der Waals surface area contributed by atoms with E-state index in [1.54, 1.807) is 0 Å². The van der Waals surface area contributed by atoms with E-state index in [4.69, 9.17) is 0 Å². The molecule has 20 heavy (non-hydrogen) atoms. The molecule has 1 aliphatic heterocycles. The molecule has 1 aliphatic rings. The quantitative estimate of drug-likeness (QED) is 0.901. The molecule has 3 heteroatoms. The Labute approximate surface area is 124 Å². The molecule has 2 aromatic carbocycles. The van der Waals surface area contributed by atoms with Gasteiger partial charge in [-0.25, -0.2) is 0 Å². The molecule has 2 aromatic rings. The van der Waals surface area contributed by atoms with Crippen LogP contribution in [-0.4, -0.2) is 17.5 Å². The van der Waals surface area contributed by atoms with E-state index in [-0.39, 0.29) is 12.6 Å². The summed E-state index contributed by atoms with van der Waals surface area (Å²) in [6, 6.07) is 19.1. The van der Waals surface area contributed by atoms with Gasteiger partial charge in [0, 0.05) is 10.9 Å². The number of hydrogen-bond donors (Lipinski definition) is 2. The van der Waals surface area contributed by atoms with E-state index < -0.39 is 0 Å². The number of nitrogens with one attached hydrogen (secondary N) is 1. The molecule has 3 rings (SSSR count). The lowest BCUT2D eigenvalue weighted by atomic mass is 10.0. The Hall–Kier alpha value is -1.29. The van der Waals surface area contributed by atoms with Gasteiger partial charge in [-0.05, 0) is 29.4 Å². The minimum atomic E-state index is -0.00245. The highest BCUT2D eigenvalue weighted by molar-refractivity contribution is 7.99. The number of rotatable bonds is 4. The lowest BCUT2D eigenvalue weighted by Crippen LogP contribution is -2.30. The largest absolute Gasteiger partial charge is 0.394 e. The molecule has 2 nitrogen and oxygen atoms in total. The van der Waals surface area contributed by atoms with Crippen LogP contribution in [0.25, 0.3) is 0 Å². The van der Waals surface area contributed by atoms with Gasteiger partial charge in [0.25, 0.3) is 0 Å². The predicted molar refractivity (Wildman–Crippen MR) is 83.9 cm³/mol. The van der Waals surface area contributed by atoms with Crippen molar-refractivity contribution in [2.75, 3.05) is 12.4 Å². The molecule has 0 radical (unpaired) electrons. The van der Waals surface area contributed by atoms with Crippen LogP contribution in [0.5, 0.6) is 0 Å². The lowest BCUT2D eigenvalue weighted by molar-refractivity contribution is 0.231. The molecule has 2 atom stereocenters. The molecule has 104 valence electrons. The molecule has 0 aromatic heterocycles. The molecule has 2 N–H and O–H groups in total. The van der Waals surface area contributed by atoms with Crippen LogP contribution in [0.15, 0.2) is 59.5 Å². The Balaban J connectivity index is 1.81. The van der Waals surface area contributed by atoms with Crippen molar-refractivity contribution in [2.24, 2.45) is 0 Å². The minimum absolute atomic E-state index is 0.00245. The van der Waals surface area contributed by atoms with Crippen LogP contribution < -0.4 is 5.32 Å². The first-order chi connectivity index (χ1) is 9.88. The maximum atomic E-state index is 9.69. The van der Waals surface area contributed by atoms with Crippen molar-refractivity contribution in [3.8, 4) is 0 Å². The van der Waals surface area contributed by atoms with Crippen molar-refractivity contribution in [1.82, 2.24) is 5.32 Å². The summed E-state index contributed by atoms with van der Waals surface area (Å²) >= 11 is 1.92. The zero-order valence-electron chi connectivity index (χ0n) is 11.3. The fourth-order valence-corrected chi connectivity index (χ4v) is 3.82. The van der Waals surface area contributed by atoms with Gasteiger partial charge >= 0.3 is 0 Å². The summed E-state index contributed by atoms with van der Waals surface area (Å²) in [6.07, 6.45) is 1.10. The Morgan fingerprint density at radius 3 is 2.65 bits per heavy atom. The molecular weight excluding hydrogens is 266 g/mol. The Kier molecular flexibility index (Phi) is 4.41. The predicted octanol–water partition coefficient (Wildman–Crippen LogP) is 3.55. The summed E-state index contributed by atoms with van der Waals surface area (Å²) in [5.74, 6) is 1.13. The Morgan fingerprint density at radius 1 is 1.10 bits per heavy atom. The van der Waals surface area contributed by atoms with Gasteiger partial charge in [-0.1, -0.05) is 48.5 Å².